The standard InChI is InChI=1S/C30H35NO7/c1-22(2)29(32)37-20-19-35-18-17-34-16-14-31-30(33)38-28-23(3)21-27(25-11-7-8-12-26(25)28)36-15-13-24-9-5-4-6-10-24/h4-12,21H,1,13-20H2,2-3H3,(H,31,33). The summed E-state index contributed by atoms with van der Waals surface area (Å²) in [6, 6.07) is 19.8. The highest BCUT2D eigenvalue weighted by atomic mass is 16.6. The minimum absolute atomic E-state index is 0.161. The minimum Gasteiger partial charge on any atom is -0.493 e. The Morgan fingerprint density at radius 2 is 1.50 bits per heavy atom. The first-order valence-electron chi connectivity index (χ1n) is 12.6. The van der Waals surface area contributed by atoms with Crippen LogP contribution >= 0.6 is 0 Å². The quantitative estimate of drug-likeness (QED) is 0.171. The molecule has 0 saturated carbocycles. The van der Waals surface area contributed by atoms with Crippen LogP contribution in [0.15, 0.2) is 72.8 Å². The van der Waals surface area contributed by atoms with Gasteiger partial charge in [0.25, 0.3) is 0 Å². The fourth-order valence-electron chi connectivity index (χ4n) is 3.62. The van der Waals surface area contributed by atoms with Gasteiger partial charge in [0, 0.05) is 29.3 Å². The van der Waals surface area contributed by atoms with Gasteiger partial charge < -0.3 is 29.0 Å². The third-order valence-electron chi connectivity index (χ3n) is 5.53. The van der Waals surface area contributed by atoms with Crippen molar-refractivity contribution in [1.82, 2.24) is 5.32 Å². The lowest BCUT2D eigenvalue weighted by atomic mass is 10.0. The van der Waals surface area contributed by atoms with E-state index in [1.165, 1.54) is 5.56 Å². The molecule has 0 spiro atoms. The Balaban J connectivity index is 1.40. The molecule has 3 aromatic rings. The zero-order chi connectivity index (χ0) is 27.2. The molecule has 0 radical (unpaired) electrons. The molecule has 0 bridgehead atoms. The van der Waals surface area contributed by atoms with E-state index in [-0.39, 0.29) is 19.8 Å². The second-order valence-corrected chi connectivity index (χ2v) is 8.61. The van der Waals surface area contributed by atoms with Crippen LogP contribution in [-0.4, -0.2) is 58.2 Å². The largest absolute Gasteiger partial charge is 0.493 e. The van der Waals surface area contributed by atoms with Crippen molar-refractivity contribution in [1.29, 1.82) is 0 Å². The predicted molar refractivity (Wildman–Crippen MR) is 146 cm³/mol. The van der Waals surface area contributed by atoms with Crippen LogP contribution < -0.4 is 14.8 Å². The van der Waals surface area contributed by atoms with Gasteiger partial charge in [0.15, 0.2) is 0 Å². The molecule has 0 aliphatic carbocycles. The van der Waals surface area contributed by atoms with Crippen molar-refractivity contribution in [2.75, 3.05) is 46.2 Å². The third kappa shape index (κ3) is 9.21. The molecule has 0 atom stereocenters. The fraction of sp³-hybridized carbons (Fsp3) is 0.333. The van der Waals surface area contributed by atoms with Crippen LogP contribution in [0.3, 0.4) is 0 Å². The van der Waals surface area contributed by atoms with E-state index in [2.05, 4.69) is 24.0 Å². The summed E-state index contributed by atoms with van der Waals surface area (Å²) in [5.74, 6) is 0.815. The Hall–Kier alpha value is -3.88. The third-order valence-corrected chi connectivity index (χ3v) is 5.53. The van der Waals surface area contributed by atoms with Crippen LogP contribution in [0.4, 0.5) is 4.79 Å². The lowest BCUT2D eigenvalue weighted by molar-refractivity contribution is -0.140. The number of hydrogen-bond acceptors (Lipinski definition) is 7. The predicted octanol–water partition coefficient (Wildman–Crippen LogP) is 5.01. The number of carbonyl (C=O) groups is 2. The van der Waals surface area contributed by atoms with E-state index in [0.717, 1.165) is 28.5 Å². The molecule has 8 nitrogen and oxygen atoms in total. The molecular formula is C30H35NO7. The Morgan fingerprint density at radius 3 is 2.24 bits per heavy atom. The van der Waals surface area contributed by atoms with Gasteiger partial charge in [-0.2, -0.15) is 0 Å². The molecule has 0 aliphatic heterocycles. The Morgan fingerprint density at radius 1 is 0.842 bits per heavy atom. The molecule has 0 unspecified atom stereocenters. The van der Waals surface area contributed by atoms with Gasteiger partial charge >= 0.3 is 12.1 Å². The normalized spacial score (nSPS) is 10.7. The highest BCUT2D eigenvalue weighted by Gasteiger charge is 2.15. The summed E-state index contributed by atoms with van der Waals surface area (Å²) in [7, 11) is 0. The molecule has 0 aliphatic rings. The molecule has 3 rings (SSSR count). The molecule has 3 aromatic carbocycles. The first-order chi connectivity index (χ1) is 18.5. The van der Waals surface area contributed by atoms with Crippen LogP contribution in [0.1, 0.15) is 18.1 Å². The number of hydrogen-bond donors (Lipinski definition) is 1. The number of carbonyl (C=O) groups excluding carboxylic acids is 2. The summed E-state index contributed by atoms with van der Waals surface area (Å²) in [5, 5.41) is 4.39. The first kappa shape index (κ1) is 28.7. The fourth-order valence-corrected chi connectivity index (χ4v) is 3.62. The minimum atomic E-state index is -0.560. The van der Waals surface area contributed by atoms with E-state index in [1.54, 1.807) is 6.92 Å². The van der Waals surface area contributed by atoms with Crippen molar-refractivity contribution in [3.05, 3.63) is 83.9 Å². The monoisotopic (exact) mass is 521 g/mol. The highest BCUT2D eigenvalue weighted by molar-refractivity contribution is 5.96. The van der Waals surface area contributed by atoms with E-state index in [4.69, 9.17) is 23.7 Å². The summed E-state index contributed by atoms with van der Waals surface area (Å²) < 4.78 is 27.5. The molecule has 1 N–H and O–H groups in total. The van der Waals surface area contributed by atoms with E-state index >= 15 is 0 Å². The van der Waals surface area contributed by atoms with E-state index in [1.807, 2.05) is 55.5 Å². The highest BCUT2D eigenvalue weighted by Crippen LogP contribution is 2.36. The summed E-state index contributed by atoms with van der Waals surface area (Å²) >= 11 is 0. The van der Waals surface area contributed by atoms with Gasteiger partial charge in [0.2, 0.25) is 0 Å². The zero-order valence-electron chi connectivity index (χ0n) is 22.0. The Labute approximate surface area is 223 Å². The van der Waals surface area contributed by atoms with Crippen LogP contribution in [-0.2, 0) is 25.4 Å². The average molecular weight is 522 g/mol. The van der Waals surface area contributed by atoms with Crippen LogP contribution in [0.25, 0.3) is 10.8 Å². The van der Waals surface area contributed by atoms with Crippen LogP contribution in [0, 0.1) is 6.92 Å². The Bertz CT molecular complexity index is 1210. The number of benzene rings is 3. The number of ether oxygens (including phenoxy) is 5. The number of rotatable bonds is 15. The molecule has 202 valence electrons. The van der Waals surface area contributed by atoms with Crippen molar-refractivity contribution in [2.24, 2.45) is 0 Å². The summed E-state index contributed by atoms with van der Waals surface area (Å²) in [5.41, 5.74) is 2.36. The van der Waals surface area contributed by atoms with Crippen LogP contribution in [0.2, 0.25) is 0 Å². The first-order valence-corrected chi connectivity index (χ1v) is 12.6. The van der Waals surface area contributed by atoms with Gasteiger partial charge in [0.1, 0.15) is 18.1 Å². The lowest BCUT2D eigenvalue weighted by Gasteiger charge is -2.16. The molecular weight excluding hydrogens is 486 g/mol. The summed E-state index contributed by atoms with van der Waals surface area (Å²) in [6.45, 7) is 9.25. The van der Waals surface area contributed by atoms with Gasteiger partial charge in [-0.3, -0.25) is 0 Å². The number of aryl methyl sites for hydroxylation is 1. The molecule has 0 saturated heterocycles. The molecule has 0 fully saturated rings. The smallest absolute Gasteiger partial charge is 0.412 e. The maximum absolute atomic E-state index is 12.4. The van der Waals surface area contributed by atoms with Crippen molar-refractivity contribution < 1.29 is 33.3 Å². The van der Waals surface area contributed by atoms with E-state index in [9.17, 15) is 9.59 Å². The summed E-state index contributed by atoms with van der Waals surface area (Å²) in [4.78, 5) is 23.7. The van der Waals surface area contributed by atoms with Crippen molar-refractivity contribution in [2.45, 2.75) is 20.3 Å². The number of nitrogens with one attached hydrogen (secondary N) is 1. The van der Waals surface area contributed by atoms with Gasteiger partial charge in [-0.05, 0) is 31.0 Å². The van der Waals surface area contributed by atoms with Gasteiger partial charge in [-0.25, -0.2) is 9.59 Å². The van der Waals surface area contributed by atoms with Gasteiger partial charge in [0.05, 0.1) is 33.0 Å². The summed E-state index contributed by atoms with van der Waals surface area (Å²) in [6.07, 6.45) is 0.240. The van der Waals surface area contributed by atoms with Crippen molar-refractivity contribution in [3.63, 3.8) is 0 Å². The molecule has 8 heteroatoms. The zero-order valence-corrected chi connectivity index (χ0v) is 22.0. The van der Waals surface area contributed by atoms with E-state index < -0.39 is 12.1 Å². The lowest BCUT2D eigenvalue weighted by Crippen LogP contribution is -2.30. The maximum Gasteiger partial charge on any atom is 0.412 e. The maximum atomic E-state index is 12.4. The average Bonchev–Trinajstić information content (AvgIpc) is 2.92. The van der Waals surface area contributed by atoms with E-state index in [0.29, 0.717) is 37.8 Å². The number of fused-ring (bicyclic) bond motifs is 1. The molecule has 0 heterocycles. The van der Waals surface area contributed by atoms with Crippen LogP contribution in [0.5, 0.6) is 11.5 Å². The molecule has 0 aromatic heterocycles. The van der Waals surface area contributed by atoms with Gasteiger partial charge in [-0.1, -0.05) is 61.2 Å². The topological polar surface area (TPSA) is 92.3 Å². The van der Waals surface area contributed by atoms with Gasteiger partial charge in [-0.15, -0.1) is 0 Å². The number of amides is 1. The van der Waals surface area contributed by atoms with Crippen molar-refractivity contribution >= 4 is 22.8 Å². The van der Waals surface area contributed by atoms with Crippen molar-refractivity contribution in [3.8, 4) is 11.5 Å². The molecule has 38 heavy (non-hydrogen) atoms. The Kier molecular flexibility index (Phi) is 11.6. The SMILES string of the molecule is C=C(C)C(=O)OCCOCCOCCNC(=O)Oc1c(C)cc(OCCc2ccccc2)c2ccccc12. The molecule has 1 amide bonds. The number of esters is 1. The second kappa shape index (κ2) is 15.4. The second-order valence-electron chi connectivity index (χ2n) is 8.61.